The Bertz CT molecular complexity index is 453. The summed E-state index contributed by atoms with van der Waals surface area (Å²) in [5.41, 5.74) is 2.31. The van der Waals surface area contributed by atoms with Gasteiger partial charge in [0.15, 0.2) is 0 Å². The van der Waals surface area contributed by atoms with Crippen LogP contribution in [0.2, 0.25) is 0 Å². The summed E-state index contributed by atoms with van der Waals surface area (Å²) < 4.78 is 5.48. The van der Waals surface area contributed by atoms with Gasteiger partial charge in [0.1, 0.15) is 0 Å². The van der Waals surface area contributed by atoms with Crippen LogP contribution >= 0.6 is 11.3 Å². The van der Waals surface area contributed by atoms with E-state index in [2.05, 4.69) is 40.0 Å². The molecule has 2 aromatic heterocycles. The average molecular weight is 265 g/mol. The molecule has 98 valence electrons. The molecule has 0 saturated carbocycles. The van der Waals surface area contributed by atoms with E-state index in [1.807, 2.05) is 13.1 Å². The zero-order chi connectivity index (χ0) is 12.8. The normalized spacial score (nSPS) is 12.8. The first-order valence-electron chi connectivity index (χ1n) is 6.19. The fourth-order valence-electron chi connectivity index (χ4n) is 1.83. The Hall–Kier alpha value is -1.17. The number of nitrogens with one attached hydrogen (secondary N) is 2. The Balaban J connectivity index is 1.89. The molecule has 18 heavy (non-hydrogen) atoms. The van der Waals surface area contributed by atoms with Crippen LogP contribution in [-0.4, -0.2) is 29.5 Å². The third kappa shape index (κ3) is 3.41. The first kappa shape index (κ1) is 13.3. The Labute approximate surface area is 111 Å². The molecule has 4 nitrogen and oxygen atoms in total. The van der Waals surface area contributed by atoms with Crippen LogP contribution in [0.3, 0.4) is 0 Å². The minimum atomic E-state index is 0.243. The van der Waals surface area contributed by atoms with Gasteiger partial charge in [-0.1, -0.05) is 6.07 Å². The van der Waals surface area contributed by atoms with Gasteiger partial charge in [0, 0.05) is 25.3 Å². The molecule has 0 aliphatic rings. The molecule has 2 heterocycles. The van der Waals surface area contributed by atoms with Crippen LogP contribution in [0.4, 0.5) is 0 Å². The van der Waals surface area contributed by atoms with E-state index in [1.54, 1.807) is 11.3 Å². The van der Waals surface area contributed by atoms with Crippen LogP contribution in [0.15, 0.2) is 23.7 Å². The zero-order valence-electron chi connectivity index (χ0n) is 10.8. The fourth-order valence-corrected chi connectivity index (χ4v) is 2.59. The van der Waals surface area contributed by atoms with E-state index in [0.717, 1.165) is 25.4 Å². The summed E-state index contributed by atoms with van der Waals surface area (Å²) in [6.07, 6.45) is 2.13. The van der Waals surface area contributed by atoms with Crippen molar-refractivity contribution < 1.29 is 4.74 Å². The largest absolute Gasteiger partial charge is 0.377 e. The summed E-state index contributed by atoms with van der Waals surface area (Å²) in [7, 11) is 0. The van der Waals surface area contributed by atoms with Crippen molar-refractivity contribution in [2.45, 2.75) is 26.5 Å². The highest BCUT2D eigenvalue weighted by Gasteiger charge is 2.08. The molecular formula is C13H19N3OS. The number of hydrogen-bond donors (Lipinski definition) is 2. The van der Waals surface area contributed by atoms with Crippen molar-refractivity contribution in [1.82, 2.24) is 15.5 Å². The Morgan fingerprint density at radius 3 is 3.17 bits per heavy atom. The molecule has 0 amide bonds. The highest BCUT2D eigenvalue weighted by atomic mass is 32.1. The molecule has 0 spiro atoms. The maximum atomic E-state index is 5.48. The average Bonchev–Trinajstić information content (AvgIpc) is 2.98. The highest BCUT2D eigenvalue weighted by Crippen LogP contribution is 2.25. The van der Waals surface area contributed by atoms with E-state index in [1.165, 1.54) is 10.4 Å². The second kappa shape index (κ2) is 6.68. The highest BCUT2D eigenvalue weighted by molar-refractivity contribution is 7.13. The molecule has 2 rings (SSSR count). The quantitative estimate of drug-likeness (QED) is 0.809. The van der Waals surface area contributed by atoms with Crippen LogP contribution in [0.5, 0.6) is 0 Å². The summed E-state index contributed by atoms with van der Waals surface area (Å²) >= 11 is 1.72. The monoisotopic (exact) mass is 265 g/mol. The van der Waals surface area contributed by atoms with Crippen molar-refractivity contribution in [3.05, 3.63) is 29.3 Å². The number of hydrogen-bond acceptors (Lipinski definition) is 4. The first-order valence-corrected chi connectivity index (χ1v) is 7.07. The van der Waals surface area contributed by atoms with Gasteiger partial charge in [-0.3, -0.25) is 5.10 Å². The molecule has 0 aromatic carbocycles. The van der Waals surface area contributed by atoms with Crippen LogP contribution in [0.1, 0.15) is 19.4 Å². The van der Waals surface area contributed by atoms with Gasteiger partial charge < -0.3 is 10.1 Å². The number of aromatic amines is 1. The van der Waals surface area contributed by atoms with Gasteiger partial charge in [-0.25, -0.2) is 0 Å². The van der Waals surface area contributed by atoms with Gasteiger partial charge in [-0.15, -0.1) is 11.3 Å². The van der Waals surface area contributed by atoms with Gasteiger partial charge in [-0.2, -0.15) is 5.10 Å². The van der Waals surface area contributed by atoms with Crippen LogP contribution in [0, 0.1) is 0 Å². The van der Waals surface area contributed by atoms with Gasteiger partial charge in [0.25, 0.3) is 0 Å². The lowest BCUT2D eigenvalue weighted by Gasteiger charge is -2.12. The lowest BCUT2D eigenvalue weighted by molar-refractivity contribution is 0.0759. The Morgan fingerprint density at radius 2 is 2.44 bits per heavy atom. The van der Waals surface area contributed by atoms with E-state index < -0.39 is 0 Å². The van der Waals surface area contributed by atoms with Gasteiger partial charge in [-0.05, 0) is 25.3 Å². The maximum absolute atomic E-state index is 5.48. The minimum Gasteiger partial charge on any atom is -0.377 e. The number of aromatic nitrogens is 2. The maximum Gasteiger partial charge on any atom is 0.0794 e. The molecule has 1 unspecified atom stereocenters. The Morgan fingerprint density at radius 1 is 1.56 bits per heavy atom. The third-order valence-corrected chi connectivity index (χ3v) is 3.57. The van der Waals surface area contributed by atoms with Gasteiger partial charge in [0.05, 0.1) is 22.9 Å². The smallest absolute Gasteiger partial charge is 0.0794 e. The lowest BCUT2D eigenvalue weighted by atomic mass is 10.2. The molecule has 0 aliphatic carbocycles. The molecule has 2 aromatic rings. The minimum absolute atomic E-state index is 0.243. The molecule has 5 heteroatoms. The van der Waals surface area contributed by atoms with Crippen molar-refractivity contribution in [2.75, 3.05) is 13.2 Å². The third-order valence-electron chi connectivity index (χ3n) is 2.68. The van der Waals surface area contributed by atoms with Crippen LogP contribution < -0.4 is 5.32 Å². The second-order valence-corrected chi connectivity index (χ2v) is 5.09. The number of rotatable bonds is 7. The zero-order valence-corrected chi connectivity index (χ0v) is 11.6. The summed E-state index contributed by atoms with van der Waals surface area (Å²) in [5, 5.41) is 12.7. The van der Waals surface area contributed by atoms with E-state index in [4.69, 9.17) is 4.74 Å². The Kier molecular flexibility index (Phi) is 4.92. The molecule has 0 bridgehead atoms. The number of ether oxygens (including phenoxy) is 1. The van der Waals surface area contributed by atoms with E-state index in [-0.39, 0.29) is 6.10 Å². The van der Waals surface area contributed by atoms with Crippen LogP contribution in [-0.2, 0) is 11.3 Å². The molecular weight excluding hydrogens is 246 g/mol. The molecule has 2 N–H and O–H groups in total. The summed E-state index contributed by atoms with van der Waals surface area (Å²) in [6, 6.07) is 4.15. The molecule has 1 atom stereocenters. The number of thiophene rings is 1. The van der Waals surface area contributed by atoms with Gasteiger partial charge in [0.2, 0.25) is 0 Å². The summed E-state index contributed by atoms with van der Waals surface area (Å²) in [6.45, 7) is 6.51. The number of nitrogens with zero attached hydrogens (tertiary/aromatic N) is 1. The molecule has 0 radical (unpaired) electrons. The fraction of sp³-hybridized carbons (Fsp3) is 0.462. The summed E-state index contributed by atoms with van der Waals surface area (Å²) in [4.78, 5) is 1.22. The molecule has 0 fully saturated rings. The van der Waals surface area contributed by atoms with E-state index in [0.29, 0.717) is 0 Å². The molecule has 0 aliphatic heterocycles. The standard InChI is InChI=1S/C13H19N3OS/c1-3-17-10(2)7-14-8-11-9-15-16-13(11)12-5-4-6-18-12/h4-6,9-10,14H,3,7-8H2,1-2H3,(H,15,16). The van der Waals surface area contributed by atoms with E-state index in [9.17, 15) is 0 Å². The second-order valence-electron chi connectivity index (χ2n) is 4.14. The van der Waals surface area contributed by atoms with Crippen molar-refractivity contribution in [2.24, 2.45) is 0 Å². The van der Waals surface area contributed by atoms with E-state index >= 15 is 0 Å². The van der Waals surface area contributed by atoms with Crippen molar-refractivity contribution in [1.29, 1.82) is 0 Å². The summed E-state index contributed by atoms with van der Waals surface area (Å²) in [5.74, 6) is 0. The van der Waals surface area contributed by atoms with Crippen molar-refractivity contribution >= 4 is 11.3 Å². The SMILES string of the molecule is CCOC(C)CNCc1cn[nH]c1-c1cccs1. The van der Waals surface area contributed by atoms with Crippen molar-refractivity contribution in [3.63, 3.8) is 0 Å². The van der Waals surface area contributed by atoms with Gasteiger partial charge >= 0.3 is 0 Å². The number of H-pyrrole nitrogens is 1. The van der Waals surface area contributed by atoms with Crippen molar-refractivity contribution in [3.8, 4) is 10.6 Å². The first-order chi connectivity index (χ1) is 8.81. The predicted molar refractivity (Wildman–Crippen MR) is 74.7 cm³/mol. The van der Waals surface area contributed by atoms with Crippen LogP contribution in [0.25, 0.3) is 10.6 Å². The lowest BCUT2D eigenvalue weighted by Crippen LogP contribution is -2.26. The predicted octanol–water partition coefficient (Wildman–Crippen LogP) is 2.65. The topological polar surface area (TPSA) is 49.9 Å². The molecule has 0 saturated heterocycles.